The van der Waals surface area contributed by atoms with Crippen molar-refractivity contribution < 1.29 is 18.7 Å². The summed E-state index contributed by atoms with van der Waals surface area (Å²) in [6, 6.07) is 12.2. The van der Waals surface area contributed by atoms with E-state index in [1.54, 1.807) is 24.3 Å². The lowest BCUT2D eigenvalue weighted by Gasteiger charge is -2.07. The van der Waals surface area contributed by atoms with Crippen LogP contribution in [-0.2, 0) is 4.79 Å². The van der Waals surface area contributed by atoms with Gasteiger partial charge in [-0.05, 0) is 43.7 Å². The Morgan fingerprint density at radius 1 is 1.12 bits per heavy atom. The molecule has 122 valence electrons. The van der Waals surface area contributed by atoms with Gasteiger partial charge in [-0.2, -0.15) is 0 Å². The van der Waals surface area contributed by atoms with E-state index in [-0.39, 0.29) is 23.6 Å². The van der Waals surface area contributed by atoms with Crippen LogP contribution in [0.3, 0.4) is 0 Å². The molecular weight excluding hydrogens is 308 g/mol. The minimum atomic E-state index is -0.268. The minimum absolute atomic E-state index is 0.0235. The highest BCUT2D eigenvalue weighted by atomic mass is 16.5. The van der Waals surface area contributed by atoms with Crippen molar-refractivity contribution in [2.45, 2.75) is 13.8 Å². The van der Waals surface area contributed by atoms with Gasteiger partial charge in [-0.1, -0.05) is 12.1 Å². The molecule has 0 amide bonds. The van der Waals surface area contributed by atoms with Crippen molar-refractivity contribution in [3.8, 4) is 17.2 Å². The average Bonchev–Trinajstić information content (AvgIpc) is 2.55. The lowest BCUT2D eigenvalue weighted by Crippen LogP contribution is -2.07. The van der Waals surface area contributed by atoms with Crippen LogP contribution in [0.4, 0.5) is 0 Å². The van der Waals surface area contributed by atoms with Crippen LogP contribution < -0.4 is 14.9 Å². The Bertz CT molecular complexity index is 955. The maximum absolute atomic E-state index is 12.5. The molecule has 0 N–H and O–H groups in total. The normalized spacial score (nSPS) is 10.6. The van der Waals surface area contributed by atoms with E-state index < -0.39 is 0 Å². The van der Waals surface area contributed by atoms with Gasteiger partial charge in [0.2, 0.25) is 11.2 Å². The first-order valence-corrected chi connectivity index (χ1v) is 7.45. The summed E-state index contributed by atoms with van der Waals surface area (Å²) in [6.45, 7) is 3.36. The molecule has 0 spiro atoms. The Balaban J connectivity index is 1.92. The van der Waals surface area contributed by atoms with E-state index in [1.165, 1.54) is 13.2 Å². The highest BCUT2D eigenvalue weighted by Crippen LogP contribution is 2.24. The number of benzene rings is 2. The number of hydrogen-bond acceptors (Lipinski definition) is 5. The van der Waals surface area contributed by atoms with E-state index in [1.807, 2.05) is 25.1 Å². The molecule has 0 fully saturated rings. The molecule has 5 nitrogen and oxygen atoms in total. The Kier molecular flexibility index (Phi) is 4.33. The fourth-order valence-electron chi connectivity index (χ4n) is 2.24. The van der Waals surface area contributed by atoms with Gasteiger partial charge in [0.25, 0.3) is 0 Å². The first-order chi connectivity index (χ1) is 11.5. The summed E-state index contributed by atoms with van der Waals surface area (Å²) in [6.07, 6.45) is 1.28. The van der Waals surface area contributed by atoms with Crippen molar-refractivity contribution in [3.05, 3.63) is 64.5 Å². The van der Waals surface area contributed by atoms with Gasteiger partial charge in [-0.15, -0.1) is 0 Å². The number of rotatable bonds is 5. The number of carbonyl (C=O) groups is 1. The van der Waals surface area contributed by atoms with Gasteiger partial charge in [0.15, 0.2) is 5.78 Å². The Morgan fingerprint density at radius 3 is 2.71 bits per heavy atom. The molecule has 0 bridgehead atoms. The standard InChI is InChI=1S/C19H16O5/c1-12-4-3-5-15(8-12)24-18-11-23-17-9-14(22-10-13(2)20)6-7-16(17)19(18)21/h3-9,11H,10H2,1-2H3. The molecule has 0 saturated carbocycles. The predicted molar refractivity (Wildman–Crippen MR) is 89.9 cm³/mol. The van der Waals surface area contributed by atoms with Gasteiger partial charge in [0, 0.05) is 6.07 Å². The number of aryl methyl sites for hydroxylation is 1. The summed E-state index contributed by atoms with van der Waals surface area (Å²) in [5, 5.41) is 0.385. The van der Waals surface area contributed by atoms with Crippen LogP contribution in [0.5, 0.6) is 17.2 Å². The lowest BCUT2D eigenvalue weighted by atomic mass is 10.2. The minimum Gasteiger partial charge on any atom is -0.486 e. The van der Waals surface area contributed by atoms with Gasteiger partial charge in [-0.3, -0.25) is 9.59 Å². The number of Topliss-reactive ketones (excluding diaryl/α,β-unsaturated/α-hetero) is 1. The van der Waals surface area contributed by atoms with Crippen molar-refractivity contribution in [3.63, 3.8) is 0 Å². The molecule has 0 unspecified atom stereocenters. The van der Waals surface area contributed by atoms with Crippen LogP contribution in [0.25, 0.3) is 11.0 Å². The molecule has 1 aromatic heterocycles. The molecule has 3 rings (SSSR count). The molecule has 0 aliphatic heterocycles. The van der Waals surface area contributed by atoms with Gasteiger partial charge in [-0.25, -0.2) is 0 Å². The van der Waals surface area contributed by atoms with E-state index in [0.717, 1.165) is 5.56 Å². The van der Waals surface area contributed by atoms with Crippen molar-refractivity contribution >= 4 is 16.8 Å². The zero-order chi connectivity index (χ0) is 17.1. The first kappa shape index (κ1) is 15.8. The van der Waals surface area contributed by atoms with E-state index in [2.05, 4.69) is 0 Å². The summed E-state index contributed by atoms with van der Waals surface area (Å²) >= 11 is 0. The number of fused-ring (bicyclic) bond motifs is 1. The Labute approximate surface area is 138 Å². The Morgan fingerprint density at radius 2 is 1.96 bits per heavy atom. The zero-order valence-electron chi connectivity index (χ0n) is 13.4. The van der Waals surface area contributed by atoms with E-state index in [4.69, 9.17) is 13.9 Å². The number of hydrogen-bond donors (Lipinski definition) is 0. The SMILES string of the molecule is CC(=O)COc1ccc2c(=O)c(Oc3cccc(C)c3)coc2c1. The predicted octanol–water partition coefficient (Wildman–Crippen LogP) is 3.86. The summed E-state index contributed by atoms with van der Waals surface area (Å²) in [4.78, 5) is 23.5. The number of ether oxygens (including phenoxy) is 2. The molecule has 1 heterocycles. The highest BCUT2D eigenvalue weighted by molar-refractivity contribution is 5.80. The van der Waals surface area contributed by atoms with Crippen LogP contribution in [0, 0.1) is 6.92 Å². The summed E-state index contributed by atoms with van der Waals surface area (Å²) in [5.74, 6) is 1.07. The van der Waals surface area contributed by atoms with Crippen molar-refractivity contribution in [2.24, 2.45) is 0 Å². The van der Waals surface area contributed by atoms with Crippen LogP contribution in [0.15, 0.2) is 57.9 Å². The third-order valence-corrected chi connectivity index (χ3v) is 3.37. The quantitative estimate of drug-likeness (QED) is 0.713. The Hall–Kier alpha value is -3.08. The highest BCUT2D eigenvalue weighted by Gasteiger charge is 2.10. The zero-order valence-corrected chi connectivity index (χ0v) is 13.4. The third kappa shape index (κ3) is 3.46. The average molecular weight is 324 g/mol. The second kappa shape index (κ2) is 6.58. The lowest BCUT2D eigenvalue weighted by molar-refractivity contribution is -0.118. The maximum atomic E-state index is 12.5. The monoisotopic (exact) mass is 324 g/mol. The fourth-order valence-corrected chi connectivity index (χ4v) is 2.24. The largest absolute Gasteiger partial charge is 0.486 e. The number of carbonyl (C=O) groups excluding carboxylic acids is 1. The third-order valence-electron chi connectivity index (χ3n) is 3.37. The molecule has 0 aliphatic rings. The van der Waals surface area contributed by atoms with Crippen molar-refractivity contribution in [1.29, 1.82) is 0 Å². The van der Waals surface area contributed by atoms with Crippen LogP contribution >= 0.6 is 0 Å². The second-order valence-electron chi connectivity index (χ2n) is 5.50. The summed E-state index contributed by atoms with van der Waals surface area (Å²) < 4.78 is 16.4. The summed E-state index contributed by atoms with van der Waals surface area (Å²) in [5.41, 5.74) is 1.14. The molecule has 2 aromatic carbocycles. The van der Waals surface area contributed by atoms with Gasteiger partial charge >= 0.3 is 0 Å². The molecular formula is C19H16O5. The summed E-state index contributed by atoms with van der Waals surface area (Å²) in [7, 11) is 0. The van der Waals surface area contributed by atoms with E-state index in [9.17, 15) is 9.59 Å². The van der Waals surface area contributed by atoms with Crippen LogP contribution in [-0.4, -0.2) is 12.4 Å². The van der Waals surface area contributed by atoms with Crippen LogP contribution in [0.1, 0.15) is 12.5 Å². The van der Waals surface area contributed by atoms with E-state index >= 15 is 0 Å². The van der Waals surface area contributed by atoms with Crippen molar-refractivity contribution in [1.82, 2.24) is 0 Å². The fraction of sp³-hybridized carbons (Fsp3) is 0.158. The first-order valence-electron chi connectivity index (χ1n) is 7.45. The number of ketones is 1. The van der Waals surface area contributed by atoms with Gasteiger partial charge < -0.3 is 13.9 Å². The molecule has 0 aliphatic carbocycles. The molecule has 3 aromatic rings. The second-order valence-corrected chi connectivity index (χ2v) is 5.50. The topological polar surface area (TPSA) is 65.7 Å². The smallest absolute Gasteiger partial charge is 0.235 e. The van der Waals surface area contributed by atoms with E-state index in [0.29, 0.717) is 22.5 Å². The molecule has 0 saturated heterocycles. The maximum Gasteiger partial charge on any atom is 0.235 e. The molecule has 0 radical (unpaired) electrons. The van der Waals surface area contributed by atoms with Crippen molar-refractivity contribution in [2.75, 3.05) is 6.61 Å². The van der Waals surface area contributed by atoms with Crippen LogP contribution in [0.2, 0.25) is 0 Å². The van der Waals surface area contributed by atoms with Gasteiger partial charge in [0.1, 0.15) is 30.0 Å². The molecule has 24 heavy (non-hydrogen) atoms. The molecule has 5 heteroatoms. The van der Waals surface area contributed by atoms with Gasteiger partial charge in [0.05, 0.1) is 5.39 Å². The molecule has 0 atom stereocenters.